The van der Waals surface area contributed by atoms with E-state index in [0.29, 0.717) is 30.2 Å². The van der Waals surface area contributed by atoms with E-state index in [0.717, 1.165) is 18.8 Å². The molecule has 1 heterocycles. The van der Waals surface area contributed by atoms with Gasteiger partial charge >= 0.3 is 0 Å². The minimum Gasteiger partial charge on any atom is -0.493 e. The van der Waals surface area contributed by atoms with E-state index in [4.69, 9.17) is 9.47 Å². The molecule has 2 aromatic rings. The number of ether oxygens (including phenoxy) is 2. The molecular weight excluding hydrogens is 354 g/mol. The average Bonchev–Trinajstić information content (AvgIpc) is 2.77. The average molecular weight is 377 g/mol. The molecule has 0 aliphatic carbocycles. The van der Waals surface area contributed by atoms with Crippen molar-refractivity contribution >= 4 is 17.7 Å². The largest absolute Gasteiger partial charge is 0.493 e. The standard InChI is InChI=1S/C22H23N3O3/c1-27-20-9-8-17(15-21(20)28-2)14-18(16-23)22(26)25-12-10-24(11-13-25)19-6-4-3-5-7-19/h3-9,14-15H,10-13H2,1-2H3/b18-14+. The number of piperazine rings is 1. The molecule has 0 atom stereocenters. The third kappa shape index (κ3) is 4.26. The SMILES string of the molecule is COc1ccc(/C=C(\C#N)C(=O)N2CCN(c3ccccc3)CC2)cc1OC. The Balaban J connectivity index is 1.71. The Kier molecular flexibility index (Phi) is 6.18. The fourth-order valence-corrected chi connectivity index (χ4v) is 3.23. The normalized spacial score (nSPS) is 14.4. The number of para-hydroxylation sites is 1. The van der Waals surface area contributed by atoms with Gasteiger partial charge in [0.1, 0.15) is 11.6 Å². The van der Waals surface area contributed by atoms with E-state index in [1.54, 1.807) is 43.4 Å². The van der Waals surface area contributed by atoms with Crippen LogP contribution in [0.4, 0.5) is 5.69 Å². The Morgan fingerprint density at radius 2 is 1.68 bits per heavy atom. The van der Waals surface area contributed by atoms with Crippen molar-refractivity contribution in [2.75, 3.05) is 45.3 Å². The van der Waals surface area contributed by atoms with Gasteiger partial charge in [-0.2, -0.15) is 5.26 Å². The summed E-state index contributed by atoms with van der Waals surface area (Å²) >= 11 is 0. The van der Waals surface area contributed by atoms with Crippen LogP contribution in [0.15, 0.2) is 54.1 Å². The fraction of sp³-hybridized carbons (Fsp3) is 0.273. The fourth-order valence-electron chi connectivity index (χ4n) is 3.23. The van der Waals surface area contributed by atoms with Crippen LogP contribution in [0.25, 0.3) is 6.08 Å². The van der Waals surface area contributed by atoms with Crippen molar-refractivity contribution in [3.8, 4) is 17.6 Å². The van der Waals surface area contributed by atoms with E-state index in [1.807, 2.05) is 24.3 Å². The van der Waals surface area contributed by atoms with Gasteiger partial charge in [0.05, 0.1) is 14.2 Å². The lowest BCUT2D eigenvalue weighted by Crippen LogP contribution is -2.49. The van der Waals surface area contributed by atoms with Crippen LogP contribution in [0.5, 0.6) is 11.5 Å². The monoisotopic (exact) mass is 377 g/mol. The van der Waals surface area contributed by atoms with Gasteiger partial charge < -0.3 is 19.3 Å². The van der Waals surface area contributed by atoms with Gasteiger partial charge in [-0.15, -0.1) is 0 Å². The zero-order valence-corrected chi connectivity index (χ0v) is 16.1. The zero-order valence-electron chi connectivity index (χ0n) is 16.1. The first-order chi connectivity index (χ1) is 13.7. The third-order valence-corrected chi connectivity index (χ3v) is 4.76. The van der Waals surface area contributed by atoms with Gasteiger partial charge in [0.25, 0.3) is 5.91 Å². The Labute approximate surface area is 165 Å². The Morgan fingerprint density at radius 3 is 2.29 bits per heavy atom. The van der Waals surface area contributed by atoms with Crippen LogP contribution in [0.2, 0.25) is 0 Å². The summed E-state index contributed by atoms with van der Waals surface area (Å²) in [4.78, 5) is 16.8. The molecule has 1 amide bonds. The maximum atomic E-state index is 12.8. The van der Waals surface area contributed by atoms with E-state index in [1.165, 1.54) is 0 Å². The zero-order chi connectivity index (χ0) is 19.9. The summed E-state index contributed by atoms with van der Waals surface area (Å²) in [6.07, 6.45) is 1.59. The second-order valence-corrected chi connectivity index (χ2v) is 6.40. The molecule has 0 unspecified atom stereocenters. The highest BCUT2D eigenvalue weighted by Gasteiger charge is 2.23. The number of hydrogen-bond acceptors (Lipinski definition) is 5. The molecule has 0 spiro atoms. The molecule has 0 aromatic heterocycles. The summed E-state index contributed by atoms with van der Waals surface area (Å²) in [6.45, 7) is 2.65. The third-order valence-electron chi connectivity index (χ3n) is 4.76. The molecule has 1 fully saturated rings. The highest BCUT2D eigenvalue weighted by molar-refractivity contribution is 6.01. The Bertz CT molecular complexity index is 895. The maximum Gasteiger partial charge on any atom is 0.264 e. The lowest BCUT2D eigenvalue weighted by Gasteiger charge is -2.36. The van der Waals surface area contributed by atoms with E-state index in [9.17, 15) is 10.1 Å². The molecule has 3 rings (SSSR count). The van der Waals surface area contributed by atoms with Crippen molar-refractivity contribution in [3.05, 3.63) is 59.7 Å². The van der Waals surface area contributed by atoms with Crippen molar-refractivity contribution in [1.29, 1.82) is 5.26 Å². The number of anilines is 1. The van der Waals surface area contributed by atoms with Gasteiger partial charge in [-0.05, 0) is 35.9 Å². The molecular formula is C22H23N3O3. The molecule has 2 aromatic carbocycles. The predicted octanol–water partition coefficient (Wildman–Crippen LogP) is 2.96. The van der Waals surface area contributed by atoms with E-state index >= 15 is 0 Å². The molecule has 0 bridgehead atoms. The summed E-state index contributed by atoms with van der Waals surface area (Å²) < 4.78 is 10.5. The molecule has 0 saturated carbocycles. The molecule has 6 nitrogen and oxygen atoms in total. The van der Waals surface area contributed by atoms with Crippen LogP contribution in [0, 0.1) is 11.3 Å². The van der Waals surface area contributed by atoms with E-state index in [2.05, 4.69) is 17.0 Å². The Hall–Kier alpha value is -3.46. The van der Waals surface area contributed by atoms with Crippen molar-refractivity contribution < 1.29 is 14.3 Å². The van der Waals surface area contributed by atoms with Crippen molar-refractivity contribution in [2.24, 2.45) is 0 Å². The molecule has 1 aliphatic heterocycles. The van der Waals surface area contributed by atoms with E-state index in [-0.39, 0.29) is 11.5 Å². The molecule has 0 radical (unpaired) electrons. The lowest BCUT2D eigenvalue weighted by molar-refractivity contribution is -0.126. The first-order valence-corrected chi connectivity index (χ1v) is 9.09. The van der Waals surface area contributed by atoms with Crippen LogP contribution in [0.1, 0.15) is 5.56 Å². The van der Waals surface area contributed by atoms with Crippen molar-refractivity contribution in [2.45, 2.75) is 0 Å². The number of hydrogen-bond donors (Lipinski definition) is 0. The summed E-state index contributed by atoms with van der Waals surface area (Å²) in [7, 11) is 3.11. The van der Waals surface area contributed by atoms with Crippen LogP contribution in [-0.4, -0.2) is 51.2 Å². The number of nitrogens with zero attached hydrogens (tertiary/aromatic N) is 3. The molecule has 1 aliphatic rings. The molecule has 0 N–H and O–H groups in total. The summed E-state index contributed by atoms with van der Waals surface area (Å²) in [6, 6.07) is 17.5. The van der Waals surface area contributed by atoms with Gasteiger partial charge in [0, 0.05) is 31.9 Å². The predicted molar refractivity (Wildman–Crippen MR) is 108 cm³/mol. The van der Waals surface area contributed by atoms with E-state index < -0.39 is 0 Å². The van der Waals surface area contributed by atoms with Gasteiger partial charge in [0.15, 0.2) is 11.5 Å². The van der Waals surface area contributed by atoms with Gasteiger partial charge in [-0.25, -0.2) is 0 Å². The van der Waals surface area contributed by atoms with Crippen LogP contribution < -0.4 is 14.4 Å². The molecule has 1 saturated heterocycles. The lowest BCUT2D eigenvalue weighted by atomic mass is 10.1. The molecule has 6 heteroatoms. The number of rotatable bonds is 5. The Morgan fingerprint density at radius 1 is 1.00 bits per heavy atom. The topological polar surface area (TPSA) is 65.8 Å². The van der Waals surface area contributed by atoms with Gasteiger partial charge in [-0.3, -0.25) is 4.79 Å². The van der Waals surface area contributed by atoms with Crippen LogP contribution >= 0.6 is 0 Å². The van der Waals surface area contributed by atoms with Crippen molar-refractivity contribution in [3.63, 3.8) is 0 Å². The highest BCUT2D eigenvalue weighted by atomic mass is 16.5. The summed E-state index contributed by atoms with van der Waals surface area (Å²) in [5, 5.41) is 9.51. The second kappa shape index (κ2) is 8.96. The number of nitriles is 1. The number of amides is 1. The number of methoxy groups -OCH3 is 2. The van der Waals surface area contributed by atoms with Gasteiger partial charge in [-0.1, -0.05) is 24.3 Å². The summed E-state index contributed by atoms with van der Waals surface area (Å²) in [5.74, 6) is 0.906. The minimum atomic E-state index is -0.245. The number of carbonyl (C=O) groups excluding carboxylic acids is 1. The highest BCUT2D eigenvalue weighted by Crippen LogP contribution is 2.28. The maximum absolute atomic E-state index is 12.8. The minimum absolute atomic E-state index is 0.111. The first-order valence-electron chi connectivity index (χ1n) is 9.09. The van der Waals surface area contributed by atoms with Crippen molar-refractivity contribution in [1.82, 2.24) is 4.90 Å². The second-order valence-electron chi connectivity index (χ2n) is 6.40. The van der Waals surface area contributed by atoms with Crippen LogP contribution in [-0.2, 0) is 4.79 Å². The molecule has 28 heavy (non-hydrogen) atoms. The quantitative estimate of drug-likeness (QED) is 0.592. The number of carbonyl (C=O) groups is 1. The van der Waals surface area contributed by atoms with Crippen LogP contribution in [0.3, 0.4) is 0 Å². The summed E-state index contributed by atoms with van der Waals surface area (Å²) in [5.41, 5.74) is 1.97. The molecule has 144 valence electrons. The first kappa shape index (κ1) is 19.3. The number of benzene rings is 2. The van der Waals surface area contributed by atoms with Gasteiger partial charge in [0.2, 0.25) is 0 Å². The smallest absolute Gasteiger partial charge is 0.264 e.